The van der Waals surface area contributed by atoms with Crippen molar-refractivity contribution in [1.29, 1.82) is 0 Å². The molecule has 0 spiro atoms. The van der Waals surface area contributed by atoms with Crippen LogP contribution in [0.5, 0.6) is 23.0 Å². The first-order valence-electron chi connectivity index (χ1n) is 21.2. The van der Waals surface area contributed by atoms with Gasteiger partial charge in [-0.05, 0) is 116 Å². The van der Waals surface area contributed by atoms with E-state index in [0.717, 1.165) is 23.0 Å². The molecule has 4 nitrogen and oxygen atoms in total. The van der Waals surface area contributed by atoms with Crippen LogP contribution in [0.2, 0.25) is 0 Å². The van der Waals surface area contributed by atoms with Gasteiger partial charge < -0.3 is 18.9 Å². The van der Waals surface area contributed by atoms with Crippen molar-refractivity contribution in [2.75, 3.05) is 26.4 Å². The maximum absolute atomic E-state index is 6.74. The molecule has 0 aromatic heterocycles. The first-order chi connectivity index (χ1) is 26.1. The lowest BCUT2D eigenvalue weighted by Crippen LogP contribution is -2.17. The van der Waals surface area contributed by atoms with Crippen LogP contribution in [0.3, 0.4) is 0 Å². The quantitative estimate of drug-likeness (QED) is 0.158. The van der Waals surface area contributed by atoms with E-state index in [9.17, 15) is 0 Å². The Morgan fingerprint density at radius 2 is 0.446 bits per heavy atom. The second-order valence-corrected chi connectivity index (χ2v) is 19.9. The van der Waals surface area contributed by atoms with Crippen molar-refractivity contribution >= 4 is 0 Å². The Bertz CT molecular complexity index is 1630. The molecule has 0 N–H and O–H groups in total. The third-order valence-corrected chi connectivity index (χ3v) is 11.1. The predicted octanol–water partition coefficient (Wildman–Crippen LogP) is 13.1. The Hall–Kier alpha value is -3.92. The third-order valence-electron chi connectivity index (χ3n) is 11.1. The molecule has 0 heterocycles. The summed E-state index contributed by atoms with van der Waals surface area (Å²) in [6.45, 7) is 38.4. The molecule has 0 amide bonds. The number of hydrogen-bond donors (Lipinski definition) is 0. The molecular formula is C52H72O4. The molecule has 0 unspecified atom stereocenters. The van der Waals surface area contributed by atoms with Crippen LogP contribution >= 0.6 is 0 Å². The fourth-order valence-electron chi connectivity index (χ4n) is 7.94. The van der Waals surface area contributed by atoms with Crippen molar-refractivity contribution in [3.8, 4) is 23.0 Å². The van der Waals surface area contributed by atoms with Crippen LogP contribution < -0.4 is 18.9 Å². The van der Waals surface area contributed by atoms with E-state index in [4.69, 9.17) is 18.9 Å². The normalized spacial score (nSPS) is 13.7. The summed E-state index contributed by atoms with van der Waals surface area (Å²) in [5.41, 5.74) is 14.5. The minimum absolute atomic E-state index is 0.0689. The SMILES string of the molecule is CCOc1c2cc(C(C)(C)C)cc1Cc1cc(C(C)(C)C)cc(c1OCC)Cc1cc(C(C)(C)C)cc(c1OCC)Cc1cc(C(C)(C)C)cc(c1OCC)C2. The molecule has 5 rings (SSSR count). The van der Waals surface area contributed by atoms with Crippen molar-refractivity contribution in [3.63, 3.8) is 0 Å². The molecule has 4 aromatic rings. The lowest BCUT2D eigenvalue weighted by atomic mass is 9.79. The average Bonchev–Trinajstić information content (AvgIpc) is 3.07. The zero-order valence-corrected chi connectivity index (χ0v) is 37.9. The summed E-state index contributed by atoms with van der Waals surface area (Å²) in [6.07, 6.45) is 2.76. The van der Waals surface area contributed by atoms with Gasteiger partial charge in [-0.15, -0.1) is 0 Å². The van der Waals surface area contributed by atoms with Gasteiger partial charge in [0.15, 0.2) is 0 Å². The van der Waals surface area contributed by atoms with Crippen LogP contribution in [-0.4, -0.2) is 26.4 Å². The van der Waals surface area contributed by atoms with Crippen LogP contribution in [0.4, 0.5) is 0 Å². The van der Waals surface area contributed by atoms with Crippen molar-refractivity contribution < 1.29 is 18.9 Å². The molecule has 304 valence electrons. The molecule has 56 heavy (non-hydrogen) atoms. The molecule has 0 radical (unpaired) electrons. The Kier molecular flexibility index (Phi) is 12.7. The summed E-state index contributed by atoms with van der Waals surface area (Å²) >= 11 is 0. The molecule has 8 bridgehead atoms. The van der Waals surface area contributed by atoms with E-state index in [2.05, 4.69) is 159 Å². The van der Waals surface area contributed by atoms with Crippen molar-refractivity contribution in [2.24, 2.45) is 0 Å². The lowest BCUT2D eigenvalue weighted by Gasteiger charge is -2.29. The predicted molar refractivity (Wildman–Crippen MR) is 236 cm³/mol. The number of hydrogen-bond acceptors (Lipinski definition) is 4. The van der Waals surface area contributed by atoms with Gasteiger partial charge in [-0.3, -0.25) is 0 Å². The Balaban J connectivity index is 2.01. The molecule has 1 aliphatic carbocycles. The fraction of sp³-hybridized carbons (Fsp3) is 0.538. The van der Waals surface area contributed by atoms with Crippen molar-refractivity contribution in [1.82, 2.24) is 0 Å². The number of fused-ring (bicyclic) bond motifs is 8. The van der Waals surface area contributed by atoms with Gasteiger partial charge in [0.2, 0.25) is 0 Å². The molecule has 0 atom stereocenters. The van der Waals surface area contributed by atoms with Gasteiger partial charge in [-0.25, -0.2) is 0 Å². The summed E-state index contributed by atoms with van der Waals surface area (Å²) in [7, 11) is 0. The monoisotopic (exact) mass is 761 g/mol. The van der Waals surface area contributed by atoms with Crippen molar-refractivity contribution in [2.45, 2.75) is 158 Å². The Morgan fingerprint density at radius 3 is 0.554 bits per heavy atom. The molecule has 0 fully saturated rings. The van der Waals surface area contributed by atoms with E-state index in [1.807, 2.05) is 0 Å². The summed E-state index contributed by atoms with van der Waals surface area (Å²) in [4.78, 5) is 0. The maximum Gasteiger partial charge on any atom is 0.126 e. The highest BCUT2D eigenvalue weighted by atomic mass is 16.5. The fourth-order valence-corrected chi connectivity index (χ4v) is 7.94. The summed E-state index contributed by atoms with van der Waals surface area (Å²) in [5, 5.41) is 0. The second-order valence-electron chi connectivity index (χ2n) is 19.9. The zero-order valence-electron chi connectivity index (χ0n) is 37.9. The van der Waals surface area contributed by atoms with Crippen LogP contribution in [0, 0.1) is 0 Å². The smallest absolute Gasteiger partial charge is 0.126 e. The highest BCUT2D eigenvalue weighted by molar-refractivity contribution is 5.60. The van der Waals surface area contributed by atoms with E-state index in [1.54, 1.807) is 0 Å². The molecule has 0 saturated heterocycles. The molecule has 0 saturated carbocycles. The molecule has 4 aromatic carbocycles. The van der Waals surface area contributed by atoms with Gasteiger partial charge in [0.05, 0.1) is 26.4 Å². The van der Waals surface area contributed by atoms with Crippen LogP contribution in [0.15, 0.2) is 48.5 Å². The standard InChI is InChI=1S/C52H72O4/c1-17-53-45-33-21-35-27-42(50(8,9)10)29-37(46(35)54-18-2)23-39-31-44(52(14,15)16)32-40(48(39)56-20-4)24-38-30-43(51(11,12)13)28-36(47(38)55-19-3)22-34(45)26-41(25-33)49(5,6)7/h25-32H,17-24H2,1-16H3. The Morgan fingerprint density at radius 1 is 0.304 bits per heavy atom. The van der Waals surface area contributed by atoms with E-state index in [1.165, 1.54) is 66.8 Å². The summed E-state index contributed by atoms with van der Waals surface area (Å²) in [6, 6.07) is 19.1. The maximum atomic E-state index is 6.74. The zero-order chi connectivity index (χ0) is 41.4. The van der Waals surface area contributed by atoms with Crippen LogP contribution in [0.1, 0.15) is 178 Å². The minimum Gasteiger partial charge on any atom is -0.493 e. The van der Waals surface area contributed by atoms with E-state index in [-0.39, 0.29) is 21.7 Å². The summed E-state index contributed by atoms with van der Waals surface area (Å²) < 4.78 is 27.0. The number of ether oxygens (including phenoxy) is 4. The van der Waals surface area contributed by atoms with Gasteiger partial charge >= 0.3 is 0 Å². The highest BCUT2D eigenvalue weighted by Crippen LogP contribution is 2.44. The van der Waals surface area contributed by atoms with Gasteiger partial charge in [-0.2, -0.15) is 0 Å². The van der Waals surface area contributed by atoms with Gasteiger partial charge in [0.25, 0.3) is 0 Å². The topological polar surface area (TPSA) is 36.9 Å². The van der Waals surface area contributed by atoms with Crippen molar-refractivity contribution in [3.05, 3.63) is 115 Å². The van der Waals surface area contributed by atoms with E-state index < -0.39 is 0 Å². The van der Waals surface area contributed by atoms with Crippen LogP contribution in [0.25, 0.3) is 0 Å². The lowest BCUT2D eigenvalue weighted by molar-refractivity contribution is 0.325. The van der Waals surface area contributed by atoms with E-state index in [0.29, 0.717) is 52.1 Å². The first-order valence-corrected chi connectivity index (χ1v) is 21.2. The number of rotatable bonds is 8. The minimum atomic E-state index is -0.0689. The highest BCUT2D eigenvalue weighted by Gasteiger charge is 2.29. The van der Waals surface area contributed by atoms with Gasteiger partial charge in [0.1, 0.15) is 23.0 Å². The molecule has 0 aliphatic heterocycles. The number of benzene rings is 4. The third kappa shape index (κ3) is 9.60. The Labute approximate surface area is 340 Å². The first kappa shape index (κ1) is 43.2. The summed E-state index contributed by atoms with van der Waals surface area (Å²) in [5.74, 6) is 3.89. The van der Waals surface area contributed by atoms with Crippen LogP contribution in [-0.2, 0) is 47.3 Å². The molecular weight excluding hydrogens is 689 g/mol. The van der Waals surface area contributed by atoms with Gasteiger partial charge in [-0.1, -0.05) is 132 Å². The second kappa shape index (κ2) is 16.5. The average molecular weight is 761 g/mol. The van der Waals surface area contributed by atoms with E-state index >= 15 is 0 Å². The molecule has 4 heteroatoms. The van der Waals surface area contributed by atoms with Gasteiger partial charge in [0, 0.05) is 25.7 Å². The largest absolute Gasteiger partial charge is 0.493 e. The molecule has 1 aliphatic rings.